The molecule has 2 unspecified atom stereocenters. The molecule has 1 aliphatic heterocycles. The fourth-order valence-corrected chi connectivity index (χ4v) is 3.41. The Morgan fingerprint density at radius 2 is 1.90 bits per heavy atom. The van der Waals surface area contributed by atoms with Gasteiger partial charge in [-0.1, -0.05) is 23.7 Å². The lowest BCUT2D eigenvalue weighted by Crippen LogP contribution is -2.42. The lowest BCUT2D eigenvalue weighted by atomic mass is 9.73. The molecule has 1 saturated carbocycles. The van der Waals surface area contributed by atoms with E-state index in [0.29, 0.717) is 24.7 Å². The summed E-state index contributed by atoms with van der Waals surface area (Å²) in [6, 6.07) is 7.44. The normalized spacial score (nSPS) is 28.6. The van der Waals surface area contributed by atoms with Crippen molar-refractivity contribution in [2.45, 2.75) is 31.0 Å². The highest BCUT2D eigenvalue weighted by Crippen LogP contribution is 2.46. The third-order valence-electron chi connectivity index (χ3n) is 4.28. The number of aliphatic carboxylic acids is 1. The number of carboxylic acids is 1. The van der Waals surface area contributed by atoms with Crippen molar-refractivity contribution < 1.29 is 19.4 Å². The maximum atomic E-state index is 11.6. The van der Waals surface area contributed by atoms with Gasteiger partial charge in [0.25, 0.3) is 0 Å². The maximum absolute atomic E-state index is 11.6. The lowest BCUT2D eigenvalue weighted by Gasteiger charge is -2.39. The molecular weight excluding hydrogens is 280 g/mol. The first-order valence-electron chi connectivity index (χ1n) is 6.86. The second-order valence-electron chi connectivity index (χ2n) is 5.45. The molecule has 2 atom stereocenters. The molecule has 0 aromatic heterocycles. The third kappa shape index (κ3) is 2.55. The molecule has 3 rings (SSSR count). The summed E-state index contributed by atoms with van der Waals surface area (Å²) in [5.74, 6) is -1.96. The van der Waals surface area contributed by atoms with Gasteiger partial charge in [0, 0.05) is 17.9 Å². The number of ether oxygens (including phenoxy) is 2. The van der Waals surface area contributed by atoms with E-state index in [-0.39, 0.29) is 5.92 Å². The molecule has 1 aromatic rings. The van der Waals surface area contributed by atoms with Gasteiger partial charge in [-0.2, -0.15) is 0 Å². The van der Waals surface area contributed by atoms with E-state index < -0.39 is 17.7 Å². The summed E-state index contributed by atoms with van der Waals surface area (Å²) < 4.78 is 11.3. The average Bonchev–Trinajstić information content (AvgIpc) is 2.88. The van der Waals surface area contributed by atoms with Gasteiger partial charge in [0.15, 0.2) is 5.79 Å². The molecule has 1 aromatic carbocycles. The Labute approximate surface area is 122 Å². The van der Waals surface area contributed by atoms with E-state index >= 15 is 0 Å². The quantitative estimate of drug-likeness (QED) is 0.911. The molecule has 1 heterocycles. The number of halogens is 1. The van der Waals surface area contributed by atoms with Gasteiger partial charge in [-0.05, 0) is 30.0 Å². The van der Waals surface area contributed by atoms with Crippen LogP contribution in [0.5, 0.6) is 0 Å². The second-order valence-corrected chi connectivity index (χ2v) is 5.89. The Balaban J connectivity index is 1.84. The predicted octanol–water partition coefficient (Wildman–Crippen LogP) is 3.05. The van der Waals surface area contributed by atoms with Crippen LogP contribution in [0.2, 0.25) is 5.02 Å². The van der Waals surface area contributed by atoms with Crippen molar-refractivity contribution in [2.75, 3.05) is 13.2 Å². The number of benzene rings is 1. The smallest absolute Gasteiger partial charge is 0.307 e. The standard InChI is InChI=1S/C15H17ClO4/c16-11-3-1-10(2-4-11)12-5-6-15(19-7-8-20-15)9-13(12)14(17)18/h1-4,12-13H,5-9H2,(H,17,18). The minimum atomic E-state index is -0.789. The van der Waals surface area contributed by atoms with Crippen LogP contribution >= 0.6 is 11.6 Å². The molecule has 1 saturated heterocycles. The van der Waals surface area contributed by atoms with Crippen LogP contribution < -0.4 is 0 Å². The number of carboxylic acid groups (broad SMARTS) is 1. The molecule has 5 heteroatoms. The van der Waals surface area contributed by atoms with Crippen LogP contribution in [0, 0.1) is 5.92 Å². The predicted molar refractivity (Wildman–Crippen MR) is 73.8 cm³/mol. The summed E-state index contributed by atoms with van der Waals surface area (Å²) in [7, 11) is 0. The summed E-state index contributed by atoms with van der Waals surface area (Å²) in [6.45, 7) is 1.11. The van der Waals surface area contributed by atoms with E-state index in [2.05, 4.69) is 0 Å². The first-order chi connectivity index (χ1) is 9.60. The molecule has 0 bridgehead atoms. The summed E-state index contributed by atoms with van der Waals surface area (Å²) in [4.78, 5) is 11.6. The van der Waals surface area contributed by atoms with Crippen molar-refractivity contribution in [3.8, 4) is 0 Å². The highest BCUT2D eigenvalue weighted by Gasteiger charge is 2.47. The molecule has 0 radical (unpaired) electrons. The molecule has 0 amide bonds. The van der Waals surface area contributed by atoms with Gasteiger partial charge in [0.1, 0.15) is 0 Å². The largest absolute Gasteiger partial charge is 0.481 e. The zero-order valence-electron chi connectivity index (χ0n) is 11.0. The fraction of sp³-hybridized carbons (Fsp3) is 0.533. The Hall–Kier alpha value is -1.10. The van der Waals surface area contributed by atoms with Crippen LogP contribution in [0.3, 0.4) is 0 Å². The number of rotatable bonds is 2. The van der Waals surface area contributed by atoms with E-state index in [4.69, 9.17) is 21.1 Å². The van der Waals surface area contributed by atoms with Gasteiger partial charge in [-0.15, -0.1) is 0 Å². The first kappa shape index (κ1) is 13.9. The molecule has 1 spiro atoms. The second kappa shape index (κ2) is 5.35. The van der Waals surface area contributed by atoms with Crippen molar-refractivity contribution in [1.29, 1.82) is 0 Å². The summed E-state index contributed by atoms with van der Waals surface area (Å²) in [5.41, 5.74) is 1.02. The molecule has 108 valence electrons. The van der Waals surface area contributed by atoms with E-state index in [1.165, 1.54) is 0 Å². The minimum absolute atomic E-state index is 0.0109. The molecule has 2 aliphatic rings. The highest BCUT2D eigenvalue weighted by molar-refractivity contribution is 6.30. The van der Waals surface area contributed by atoms with Gasteiger partial charge >= 0.3 is 5.97 Å². The SMILES string of the molecule is O=C(O)C1CC2(CCC1c1ccc(Cl)cc1)OCCO2. The molecule has 2 fully saturated rings. The van der Waals surface area contributed by atoms with Crippen molar-refractivity contribution >= 4 is 17.6 Å². The molecule has 1 N–H and O–H groups in total. The topological polar surface area (TPSA) is 55.8 Å². The van der Waals surface area contributed by atoms with Crippen LogP contribution in [-0.4, -0.2) is 30.1 Å². The van der Waals surface area contributed by atoms with Gasteiger partial charge in [0.05, 0.1) is 19.1 Å². The molecule has 20 heavy (non-hydrogen) atoms. The number of hydrogen-bond acceptors (Lipinski definition) is 3. The Morgan fingerprint density at radius 1 is 1.25 bits per heavy atom. The van der Waals surface area contributed by atoms with Crippen molar-refractivity contribution in [2.24, 2.45) is 5.92 Å². The van der Waals surface area contributed by atoms with E-state index in [1.807, 2.05) is 24.3 Å². The van der Waals surface area contributed by atoms with Crippen LogP contribution in [0.15, 0.2) is 24.3 Å². The summed E-state index contributed by atoms with van der Waals surface area (Å²) >= 11 is 5.89. The lowest BCUT2D eigenvalue weighted by molar-refractivity contribution is -0.196. The van der Waals surface area contributed by atoms with Crippen molar-refractivity contribution in [3.05, 3.63) is 34.9 Å². The van der Waals surface area contributed by atoms with Crippen LogP contribution in [0.1, 0.15) is 30.7 Å². The zero-order chi connectivity index (χ0) is 14.2. The Kier molecular flexibility index (Phi) is 3.71. The third-order valence-corrected chi connectivity index (χ3v) is 4.53. The van der Waals surface area contributed by atoms with Crippen molar-refractivity contribution in [3.63, 3.8) is 0 Å². The van der Waals surface area contributed by atoms with Gasteiger partial charge in [-0.3, -0.25) is 4.79 Å². The highest BCUT2D eigenvalue weighted by atomic mass is 35.5. The summed E-state index contributed by atoms with van der Waals surface area (Å²) in [6.07, 6.45) is 1.90. The van der Waals surface area contributed by atoms with E-state index in [9.17, 15) is 9.90 Å². The monoisotopic (exact) mass is 296 g/mol. The van der Waals surface area contributed by atoms with Gasteiger partial charge in [-0.25, -0.2) is 0 Å². The van der Waals surface area contributed by atoms with Crippen LogP contribution in [-0.2, 0) is 14.3 Å². The first-order valence-corrected chi connectivity index (χ1v) is 7.24. The Morgan fingerprint density at radius 3 is 2.50 bits per heavy atom. The van der Waals surface area contributed by atoms with Gasteiger partial charge in [0.2, 0.25) is 0 Å². The summed E-state index contributed by atoms with van der Waals surface area (Å²) in [5, 5.41) is 10.2. The Bertz CT molecular complexity index is 493. The average molecular weight is 297 g/mol. The number of hydrogen-bond donors (Lipinski definition) is 1. The molecule has 4 nitrogen and oxygen atoms in total. The fourth-order valence-electron chi connectivity index (χ4n) is 3.28. The number of carbonyl (C=O) groups is 1. The molecular formula is C15H17ClO4. The van der Waals surface area contributed by atoms with Crippen LogP contribution in [0.25, 0.3) is 0 Å². The molecule has 1 aliphatic carbocycles. The zero-order valence-corrected chi connectivity index (χ0v) is 11.8. The van der Waals surface area contributed by atoms with E-state index in [1.54, 1.807) is 0 Å². The van der Waals surface area contributed by atoms with E-state index in [0.717, 1.165) is 18.4 Å². The maximum Gasteiger partial charge on any atom is 0.307 e. The van der Waals surface area contributed by atoms with Crippen LogP contribution in [0.4, 0.5) is 0 Å². The van der Waals surface area contributed by atoms with Gasteiger partial charge < -0.3 is 14.6 Å². The minimum Gasteiger partial charge on any atom is -0.481 e. The van der Waals surface area contributed by atoms with Crippen molar-refractivity contribution in [1.82, 2.24) is 0 Å².